The molecule has 0 aliphatic carbocycles. The number of esters is 1. The summed E-state index contributed by atoms with van der Waals surface area (Å²) in [6, 6.07) is 4.01. The molecule has 0 atom stereocenters. The van der Waals surface area contributed by atoms with Crippen LogP contribution in [0.4, 0.5) is 5.69 Å². The van der Waals surface area contributed by atoms with E-state index in [9.17, 15) is 14.9 Å². The summed E-state index contributed by atoms with van der Waals surface area (Å²) in [5.41, 5.74) is 1.21. The molecule has 84 valence electrons. The number of ether oxygens (including phenoxy) is 1. The van der Waals surface area contributed by atoms with Gasteiger partial charge in [0.05, 0.1) is 17.6 Å². The Morgan fingerprint density at radius 2 is 2.06 bits per heavy atom. The van der Waals surface area contributed by atoms with E-state index >= 15 is 0 Å². The summed E-state index contributed by atoms with van der Waals surface area (Å²) in [6.45, 7) is 5.42. The van der Waals surface area contributed by atoms with Gasteiger partial charge in [0.1, 0.15) is 0 Å². The minimum atomic E-state index is -0.610. The highest BCUT2D eigenvalue weighted by Crippen LogP contribution is 2.23. The molecule has 0 heterocycles. The first-order valence-electron chi connectivity index (χ1n) is 4.50. The number of nitro groups is 1. The predicted molar refractivity (Wildman–Crippen MR) is 59.1 cm³/mol. The summed E-state index contributed by atoms with van der Waals surface area (Å²) in [5, 5.41) is 10.6. The number of allylic oxidation sites excluding steroid dienone is 1. The second-order valence-electron chi connectivity index (χ2n) is 3.26. The Morgan fingerprint density at radius 1 is 1.44 bits per heavy atom. The molecule has 0 aliphatic rings. The zero-order valence-corrected chi connectivity index (χ0v) is 9.02. The van der Waals surface area contributed by atoms with Gasteiger partial charge >= 0.3 is 5.97 Å². The lowest BCUT2D eigenvalue weighted by Gasteiger charge is -2.06. The molecule has 0 radical (unpaired) electrons. The topological polar surface area (TPSA) is 69.4 Å². The van der Waals surface area contributed by atoms with Gasteiger partial charge in [-0.1, -0.05) is 12.2 Å². The number of benzene rings is 1. The molecule has 0 unspecified atom stereocenters. The highest BCUT2D eigenvalue weighted by Gasteiger charge is 2.17. The maximum absolute atomic E-state index is 11.4. The monoisotopic (exact) mass is 221 g/mol. The van der Waals surface area contributed by atoms with Crippen molar-refractivity contribution in [3.8, 4) is 0 Å². The van der Waals surface area contributed by atoms with E-state index in [0.29, 0.717) is 11.1 Å². The van der Waals surface area contributed by atoms with E-state index in [-0.39, 0.29) is 11.3 Å². The zero-order chi connectivity index (χ0) is 12.3. The van der Waals surface area contributed by atoms with Crippen molar-refractivity contribution in [3.05, 3.63) is 46.0 Å². The van der Waals surface area contributed by atoms with Gasteiger partial charge in [-0.3, -0.25) is 10.1 Å². The summed E-state index contributed by atoms with van der Waals surface area (Å²) < 4.78 is 4.56. The average molecular weight is 221 g/mol. The van der Waals surface area contributed by atoms with E-state index in [1.807, 2.05) is 0 Å². The number of nitro benzene ring substituents is 1. The molecule has 0 spiro atoms. The van der Waals surface area contributed by atoms with Crippen LogP contribution in [0.3, 0.4) is 0 Å². The molecule has 0 N–H and O–H groups in total. The Balaban J connectivity index is 3.38. The molecular formula is C11H11NO4. The number of carbonyl (C=O) groups is 1. The average Bonchev–Trinajstić information content (AvgIpc) is 2.26. The van der Waals surface area contributed by atoms with Crippen LogP contribution in [-0.4, -0.2) is 18.0 Å². The smallest absolute Gasteiger partial charge is 0.338 e. The number of carbonyl (C=O) groups excluding carboxylic acids is 1. The maximum Gasteiger partial charge on any atom is 0.338 e. The molecule has 0 amide bonds. The third-order valence-electron chi connectivity index (χ3n) is 2.08. The Hall–Kier alpha value is -2.17. The Bertz CT molecular complexity index is 465. The number of methoxy groups -OCH3 is 1. The van der Waals surface area contributed by atoms with Crippen LogP contribution >= 0.6 is 0 Å². The van der Waals surface area contributed by atoms with Gasteiger partial charge in [-0.25, -0.2) is 4.79 Å². The van der Waals surface area contributed by atoms with Crippen molar-refractivity contribution in [1.82, 2.24) is 0 Å². The fourth-order valence-electron chi connectivity index (χ4n) is 1.30. The van der Waals surface area contributed by atoms with Crippen LogP contribution in [0.5, 0.6) is 0 Å². The first kappa shape index (κ1) is 11.9. The number of non-ortho nitro benzene ring substituents is 1. The molecule has 1 rings (SSSR count). The van der Waals surface area contributed by atoms with Gasteiger partial charge in [0.15, 0.2) is 0 Å². The molecule has 1 aromatic carbocycles. The molecule has 0 bridgehead atoms. The Morgan fingerprint density at radius 3 is 2.50 bits per heavy atom. The SMILES string of the molecule is C=C(C)c1ccc([N+](=O)[O-])cc1C(=O)OC. The van der Waals surface area contributed by atoms with Gasteiger partial charge in [-0.2, -0.15) is 0 Å². The van der Waals surface area contributed by atoms with Crippen LogP contribution < -0.4 is 0 Å². The molecular weight excluding hydrogens is 210 g/mol. The van der Waals surface area contributed by atoms with Crippen LogP contribution in [0, 0.1) is 10.1 Å². The Labute approximate surface area is 92.5 Å². The van der Waals surface area contributed by atoms with Crippen molar-refractivity contribution in [2.24, 2.45) is 0 Å². The molecule has 16 heavy (non-hydrogen) atoms. The van der Waals surface area contributed by atoms with Crippen molar-refractivity contribution >= 4 is 17.2 Å². The predicted octanol–water partition coefficient (Wildman–Crippen LogP) is 2.41. The summed E-state index contributed by atoms with van der Waals surface area (Å²) in [6.07, 6.45) is 0. The van der Waals surface area contributed by atoms with Gasteiger partial charge in [-0.05, 0) is 18.6 Å². The highest BCUT2D eigenvalue weighted by atomic mass is 16.6. The highest BCUT2D eigenvalue weighted by molar-refractivity contribution is 5.95. The standard InChI is InChI=1S/C11H11NO4/c1-7(2)9-5-4-8(12(14)15)6-10(9)11(13)16-3/h4-6H,1H2,2-3H3. The lowest BCUT2D eigenvalue weighted by Crippen LogP contribution is -2.05. The van der Waals surface area contributed by atoms with Gasteiger partial charge in [-0.15, -0.1) is 0 Å². The second kappa shape index (κ2) is 4.57. The zero-order valence-electron chi connectivity index (χ0n) is 9.02. The lowest BCUT2D eigenvalue weighted by molar-refractivity contribution is -0.384. The van der Waals surface area contributed by atoms with Crippen LogP contribution in [0.15, 0.2) is 24.8 Å². The van der Waals surface area contributed by atoms with Crippen LogP contribution in [0.25, 0.3) is 5.57 Å². The van der Waals surface area contributed by atoms with Crippen molar-refractivity contribution < 1.29 is 14.5 Å². The molecule has 0 aliphatic heterocycles. The Kier molecular flexibility index (Phi) is 3.40. The van der Waals surface area contributed by atoms with E-state index < -0.39 is 10.9 Å². The number of rotatable bonds is 3. The first-order valence-corrected chi connectivity index (χ1v) is 4.50. The normalized spacial score (nSPS) is 9.62. The lowest BCUT2D eigenvalue weighted by atomic mass is 10.0. The first-order chi connectivity index (χ1) is 7.47. The van der Waals surface area contributed by atoms with E-state index in [1.54, 1.807) is 6.92 Å². The van der Waals surface area contributed by atoms with Gasteiger partial charge in [0.2, 0.25) is 0 Å². The van der Waals surface area contributed by atoms with Gasteiger partial charge in [0.25, 0.3) is 5.69 Å². The summed E-state index contributed by atoms with van der Waals surface area (Å²) in [5.74, 6) is -0.610. The van der Waals surface area contributed by atoms with Crippen molar-refractivity contribution in [2.75, 3.05) is 7.11 Å². The third-order valence-corrected chi connectivity index (χ3v) is 2.08. The number of hydrogen-bond acceptors (Lipinski definition) is 4. The largest absolute Gasteiger partial charge is 0.465 e. The van der Waals surface area contributed by atoms with E-state index in [2.05, 4.69) is 11.3 Å². The fourth-order valence-corrected chi connectivity index (χ4v) is 1.30. The molecule has 5 heteroatoms. The summed E-state index contributed by atoms with van der Waals surface area (Å²) in [7, 11) is 1.23. The van der Waals surface area contributed by atoms with Crippen molar-refractivity contribution in [1.29, 1.82) is 0 Å². The molecule has 5 nitrogen and oxygen atoms in total. The summed E-state index contributed by atoms with van der Waals surface area (Å²) >= 11 is 0. The number of nitrogens with zero attached hydrogens (tertiary/aromatic N) is 1. The molecule has 0 saturated heterocycles. The van der Waals surface area contributed by atoms with Gasteiger partial charge < -0.3 is 4.74 Å². The minimum absolute atomic E-state index is 0.148. The van der Waals surface area contributed by atoms with E-state index in [4.69, 9.17) is 0 Å². The maximum atomic E-state index is 11.4. The molecule has 0 fully saturated rings. The van der Waals surface area contributed by atoms with Crippen LogP contribution in [-0.2, 0) is 4.74 Å². The quantitative estimate of drug-likeness (QED) is 0.446. The van der Waals surface area contributed by atoms with E-state index in [1.165, 1.54) is 25.3 Å². The molecule has 1 aromatic rings. The van der Waals surface area contributed by atoms with Crippen LogP contribution in [0.2, 0.25) is 0 Å². The van der Waals surface area contributed by atoms with Crippen LogP contribution in [0.1, 0.15) is 22.8 Å². The minimum Gasteiger partial charge on any atom is -0.465 e. The third kappa shape index (κ3) is 2.25. The molecule has 0 aromatic heterocycles. The fraction of sp³-hybridized carbons (Fsp3) is 0.182. The second-order valence-corrected chi connectivity index (χ2v) is 3.26. The van der Waals surface area contributed by atoms with Crippen molar-refractivity contribution in [3.63, 3.8) is 0 Å². The molecule has 0 saturated carbocycles. The number of hydrogen-bond donors (Lipinski definition) is 0. The van der Waals surface area contributed by atoms with Crippen molar-refractivity contribution in [2.45, 2.75) is 6.92 Å². The van der Waals surface area contributed by atoms with E-state index in [0.717, 1.165) is 0 Å². The van der Waals surface area contributed by atoms with Gasteiger partial charge in [0, 0.05) is 12.1 Å². The summed E-state index contributed by atoms with van der Waals surface area (Å²) in [4.78, 5) is 21.4.